The fraction of sp³-hybridized carbons (Fsp3) is 0.133. The predicted octanol–water partition coefficient (Wildman–Crippen LogP) is 6.67. The second kappa shape index (κ2) is 11.2. The summed E-state index contributed by atoms with van der Waals surface area (Å²) < 4.78 is 13.8. The Morgan fingerprint density at radius 3 is 2.26 bits per heavy atom. The van der Waals surface area contributed by atoms with E-state index < -0.39 is 0 Å². The SMILES string of the molecule is C(=C(c1ccccc1)c1ccccc1)c1nc(COc2ccc(CCCn3ccnc3)cc2)co1. The van der Waals surface area contributed by atoms with Gasteiger partial charge in [0.05, 0.1) is 6.33 Å². The summed E-state index contributed by atoms with van der Waals surface area (Å²) in [6.45, 7) is 1.32. The molecule has 5 rings (SSSR count). The molecule has 174 valence electrons. The molecule has 0 aliphatic heterocycles. The van der Waals surface area contributed by atoms with Crippen molar-refractivity contribution < 1.29 is 9.15 Å². The molecule has 5 aromatic rings. The summed E-state index contributed by atoms with van der Waals surface area (Å²) >= 11 is 0. The van der Waals surface area contributed by atoms with Gasteiger partial charge < -0.3 is 13.7 Å². The van der Waals surface area contributed by atoms with Gasteiger partial charge in [-0.1, -0.05) is 72.8 Å². The summed E-state index contributed by atoms with van der Waals surface area (Å²) in [7, 11) is 0. The van der Waals surface area contributed by atoms with E-state index in [1.54, 1.807) is 6.26 Å². The molecule has 5 nitrogen and oxygen atoms in total. The van der Waals surface area contributed by atoms with Crippen LogP contribution in [0.4, 0.5) is 0 Å². The van der Waals surface area contributed by atoms with Crippen molar-refractivity contribution in [3.05, 3.63) is 138 Å². The van der Waals surface area contributed by atoms with Gasteiger partial charge in [-0.15, -0.1) is 0 Å². The maximum atomic E-state index is 5.94. The highest BCUT2D eigenvalue weighted by atomic mass is 16.5. The number of hydrogen-bond acceptors (Lipinski definition) is 4. The highest BCUT2D eigenvalue weighted by Gasteiger charge is 2.09. The molecule has 3 aromatic carbocycles. The third-order valence-electron chi connectivity index (χ3n) is 5.76. The van der Waals surface area contributed by atoms with Crippen LogP contribution in [0.15, 0.2) is 114 Å². The predicted molar refractivity (Wildman–Crippen MR) is 138 cm³/mol. The second-order valence-corrected chi connectivity index (χ2v) is 8.30. The molecule has 0 spiro atoms. The van der Waals surface area contributed by atoms with Gasteiger partial charge in [0, 0.05) is 25.0 Å². The van der Waals surface area contributed by atoms with Gasteiger partial charge in [0.25, 0.3) is 0 Å². The van der Waals surface area contributed by atoms with Crippen molar-refractivity contribution >= 4 is 11.6 Å². The average molecular weight is 462 g/mol. The number of benzene rings is 3. The van der Waals surface area contributed by atoms with Gasteiger partial charge in [-0.05, 0) is 47.2 Å². The van der Waals surface area contributed by atoms with Gasteiger partial charge in [-0.25, -0.2) is 9.97 Å². The maximum Gasteiger partial charge on any atom is 0.219 e. The molecule has 0 saturated heterocycles. The summed E-state index contributed by atoms with van der Waals surface area (Å²) in [5, 5.41) is 0. The van der Waals surface area contributed by atoms with E-state index in [1.807, 2.05) is 73.3 Å². The molecular weight excluding hydrogens is 434 g/mol. The standard InChI is InChI=1S/C30H27N3O2/c1-3-9-25(10-4-1)29(26-11-5-2-6-12-26)20-30-32-27(22-35-30)21-34-28-15-13-24(14-16-28)8-7-18-33-19-17-31-23-33/h1-6,9-17,19-20,22-23H,7-8,18,21H2. The quantitative estimate of drug-likeness (QED) is 0.233. The minimum atomic E-state index is 0.351. The summed E-state index contributed by atoms with van der Waals surface area (Å²) in [5.41, 5.74) is 5.32. The molecule has 0 aliphatic carbocycles. The first-order chi connectivity index (χ1) is 17.3. The number of imidazole rings is 1. The Balaban J connectivity index is 1.20. The molecule has 0 unspecified atom stereocenters. The van der Waals surface area contributed by atoms with Crippen LogP contribution in [0.2, 0.25) is 0 Å². The van der Waals surface area contributed by atoms with E-state index in [1.165, 1.54) is 5.56 Å². The van der Waals surface area contributed by atoms with Gasteiger partial charge in [0.15, 0.2) is 0 Å². The van der Waals surface area contributed by atoms with E-state index in [-0.39, 0.29) is 0 Å². The smallest absolute Gasteiger partial charge is 0.219 e. The highest BCUT2D eigenvalue weighted by Crippen LogP contribution is 2.26. The maximum absolute atomic E-state index is 5.94. The molecule has 0 radical (unpaired) electrons. The molecular formula is C30H27N3O2. The largest absolute Gasteiger partial charge is 0.487 e. The number of aryl methyl sites for hydroxylation is 2. The average Bonchev–Trinajstić information content (AvgIpc) is 3.60. The number of ether oxygens (including phenoxy) is 1. The van der Waals surface area contributed by atoms with E-state index in [0.29, 0.717) is 12.5 Å². The number of aromatic nitrogens is 3. The zero-order chi connectivity index (χ0) is 23.7. The van der Waals surface area contributed by atoms with Crippen molar-refractivity contribution in [2.45, 2.75) is 26.0 Å². The van der Waals surface area contributed by atoms with E-state index in [4.69, 9.17) is 9.15 Å². The van der Waals surface area contributed by atoms with Gasteiger partial charge in [-0.2, -0.15) is 0 Å². The fourth-order valence-electron chi connectivity index (χ4n) is 3.94. The summed E-state index contributed by atoms with van der Waals surface area (Å²) in [6, 6.07) is 28.8. The van der Waals surface area contributed by atoms with Gasteiger partial charge >= 0.3 is 0 Å². The lowest BCUT2D eigenvalue weighted by molar-refractivity contribution is 0.301. The van der Waals surface area contributed by atoms with E-state index in [2.05, 4.69) is 50.9 Å². The first-order valence-electron chi connectivity index (χ1n) is 11.8. The molecule has 0 saturated carbocycles. The Labute approximate surface area is 205 Å². The van der Waals surface area contributed by atoms with Crippen molar-refractivity contribution in [3.63, 3.8) is 0 Å². The molecule has 0 fully saturated rings. The lowest BCUT2D eigenvalue weighted by Crippen LogP contribution is -1.98. The minimum Gasteiger partial charge on any atom is -0.487 e. The van der Waals surface area contributed by atoms with Gasteiger partial charge in [0.2, 0.25) is 5.89 Å². The minimum absolute atomic E-state index is 0.351. The fourth-order valence-corrected chi connectivity index (χ4v) is 3.94. The molecule has 5 heteroatoms. The van der Waals surface area contributed by atoms with Crippen LogP contribution in [0.25, 0.3) is 11.6 Å². The molecule has 0 bridgehead atoms. The number of oxazole rings is 1. The Morgan fingerprint density at radius 1 is 0.886 bits per heavy atom. The normalized spacial score (nSPS) is 10.7. The Bertz CT molecular complexity index is 1300. The van der Waals surface area contributed by atoms with Crippen LogP contribution < -0.4 is 4.74 Å². The van der Waals surface area contributed by atoms with Crippen molar-refractivity contribution in [3.8, 4) is 5.75 Å². The molecule has 2 heterocycles. The zero-order valence-corrected chi connectivity index (χ0v) is 19.5. The molecule has 35 heavy (non-hydrogen) atoms. The van der Waals surface area contributed by atoms with Crippen LogP contribution in [0.3, 0.4) is 0 Å². The monoisotopic (exact) mass is 461 g/mol. The third kappa shape index (κ3) is 6.15. The van der Waals surface area contributed by atoms with Crippen molar-refractivity contribution in [1.82, 2.24) is 14.5 Å². The highest BCUT2D eigenvalue weighted by molar-refractivity contribution is 5.90. The number of hydrogen-bond donors (Lipinski definition) is 0. The summed E-state index contributed by atoms with van der Waals surface area (Å²) in [5.74, 6) is 1.37. The zero-order valence-electron chi connectivity index (χ0n) is 19.5. The lowest BCUT2D eigenvalue weighted by Gasteiger charge is -2.07. The van der Waals surface area contributed by atoms with Crippen LogP contribution in [0.1, 0.15) is 34.7 Å². The number of nitrogens with zero attached hydrogens (tertiary/aromatic N) is 3. The van der Waals surface area contributed by atoms with Crippen molar-refractivity contribution in [2.75, 3.05) is 0 Å². The van der Waals surface area contributed by atoms with Crippen molar-refractivity contribution in [1.29, 1.82) is 0 Å². The third-order valence-corrected chi connectivity index (χ3v) is 5.76. The molecule has 0 amide bonds. The van der Waals surface area contributed by atoms with E-state index in [0.717, 1.165) is 47.5 Å². The second-order valence-electron chi connectivity index (χ2n) is 8.30. The van der Waals surface area contributed by atoms with Crippen LogP contribution in [0.5, 0.6) is 5.75 Å². The van der Waals surface area contributed by atoms with Gasteiger partial charge in [-0.3, -0.25) is 0 Å². The Morgan fingerprint density at radius 2 is 1.60 bits per heavy atom. The molecule has 2 aromatic heterocycles. The first kappa shape index (κ1) is 22.4. The lowest BCUT2D eigenvalue weighted by atomic mass is 9.98. The first-order valence-corrected chi connectivity index (χ1v) is 11.8. The molecule has 0 atom stereocenters. The van der Waals surface area contributed by atoms with E-state index >= 15 is 0 Å². The summed E-state index contributed by atoms with van der Waals surface area (Å²) in [4.78, 5) is 8.70. The van der Waals surface area contributed by atoms with Crippen LogP contribution >= 0.6 is 0 Å². The summed E-state index contributed by atoms with van der Waals surface area (Å²) in [6.07, 6.45) is 11.4. The van der Waals surface area contributed by atoms with Crippen molar-refractivity contribution in [2.24, 2.45) is 0 Å². The molecule has 0 aliphatic rings. The molecule has 0 N–H and O–H groups in total. The Hall–Kier alpha value is -4.38. The van der Waals surface area contributed by atoms with Crippen LogP contribution in [-0.4, -0.2) is 14.5 Å². The van der Waals surface area contributed by atoms with Crippen LogP contribution in [-0.2, 0) is 19.6 Å². The van der Waals surface area contributed by atoms with Crippen LogP contribution in [0, 0.1) is 0 Å². The number of rotatable bonds is 10. The Kier molecular flexibility index (Phi) is 7.15. The topological polar surface area (TPSA) is 53.1 Å². The van der Waals surface area contributed by atoms with Gasteiger partial charge in [0.1, 0.15) is 24.3 Å². The van der Waals surface area contributed by atoms with E-state index in [9.17, 15) is 0 Å².